The van der Waals surface area contributed by atoms with Crippen molar-refractivity contribution in [2.75, 3.05) is 26.2 Å². The first-order valence-electron chi connectivity index (χ1n) is 6.40. The van der Waals surface area contributed by atoms with Crippen molar-refractivity contribution < 1.29 is 0 Å². The minimum atomic E-state index is 0.157. The number of nitrogens with two attached hydrogens (primary N) is 1. The van der Waals surface area contributed by atoms with E-state index in [-0.39, 0.29) is 5.56 Å². The van der Waals surface area contributed by atoms with Crippen molar-refractivity contribution in [1.29, 1.82) is 0 Å². The molecule has 0 unspecified atom stereocenters. The Hall–Kier alpha value is -1.13. The molecule has 3 heterocycles. The minimum absolute atomic E-state index is 0.157. The van der Waals surface area contributed by atoms with E-state index >= 15 is 0 Å². The summed E-state index contributed by atoms with van der Waals surface area (Å²) in [5.41, 5.74) is 7.01. The van der Waals surface area contributed by atoms with Crippen LogP contribution in [0.3, 0.4) is 0 Å². The Balaban J connectivity index is 1.93. The predicted octanol–water partition coefficient (Wildman–Crippen LogP) is 0.226. The van der Waals surface area contributed by atoms with E-state index in [1.807, 2.05) is 10.6 Å². The van der Waals surface area contributed by atoms with Crippen molar-refractivity contribution in [3.63, 3.8) is 0 Å². The van der Waals surface area contributed by atoms with Crippen molar-refractivity contribution in [1.82, 2.24) is 9.47 Å². The molecule has 2 aliphatic rings. The number of rotatable bonds is 2. The molecule has 2 aliphatic heterocycles. The summed E-state index contributed by atoms with van der Waals surface area (Å²) in [5.74, 6) is 1.14. The number of hydrogen-bond acceptors (Lipinski definition) is 3. The first kappa shape index (κ1) is 11.0. The van der Waals surface area contributed by atoms with Gasteiger partial charge in [-0.15, -0.1) is 0 Å². The minimum Gasteiger partial charge on any atom is -0.329 e. The highest BCUT2D eigenvalue weighted by molar-refractivity contribution is 5.16. The van der Waals surface area contributed by atoms with Crippen LogP contribution in [0.5, 0.6) is 0 Å². The Bertz CT molecular complexity index is 468. The largest absolute Gasteiger partial charge is 0.329 e. The second kappa shape index (κ2) is 4.27. The van der Waals surface area contributed by atoms with Crippen molar-refractivity contribution in [3.8, 4) is 0 Å². The van der Waals surface area contributed by atoms with Crippen molar-refractivity contribution in [2.24, 2.45) is 11.7 Å². The van der Waals surface area contributed by atoms with E-state index < -0.39 is 0 Å². The van der Waals surface area contributed by atoms with Gasteiger partial charge < -0.3 is 15.2 Å². The number of piperidine rings is 1. The Morgan fingerprint density at radius 3 is 3.00 bits per heavy atom. The quantitative estimate of drug-likeness (QED) is 0.795. The van der Waals surface area contributed by atoms with Crippen LogP contribution in [-0.4, -0.2) is 35.6 Å². The highest BCUT2D eigenvalue weighted by Gasteiger charge is 2.33. The van der Waals surface area contributed by atoms with Gasteiger partial charge in [-0.3, -0.25) is 4.79 Å². The van der Waals surface area contributed by atoms with Gasteiger partial charge in [-0.25, -0.2) is 0 Å². The van der Waals surface area contributed by atoms with Crippen LogP contribution in [0.25, 0.3) is 0 Å². The molecule has 0 aromatic carbocycles. The third-order valence-electron chi connectivity index (χ3n) is 4.00. The van der Waals surface area contributed by atoms with Gasteiger partial charge in [-0.05, 0) is 18.4 Å². The summed E-state index contributed by atoms with van der Waals surface area (Å²) < 4.78 is 1.97. The van der Waals surface area contributed by atoms with E-state index in [0.29, 0.717) is 11.8 Å². The third-order valence-corrected chi connectivity index (χ3v) is 4.00. The third kappa shape index (κ3) is 1.91. The van der Waals surface area contributed by atoms with Crippen molar-refractivity contribution in [3.05, 3.63) is 34.2 Å². The molecule has 2 N–H and O–H groups in total. The molecule has 3 rings (SSSR count). The van der Waals surface area contributed by atoms with E-state index in [1.54, 1.807) is 6.07 Å². The van der Waals surface area contributed by atoms with Gasteiger partial charge in [0.1, 0.15) is 0 Å². The Kier molecular flexibility index (Phi) is 2.76. The molecule has 0 saturated carbocycles. The van der Waals surface area contributed by atoms with Gasteiger partial charge >= 0.3 is 0 Å². The zero-order valence-electron chi connectivity index (χ0n) is 10.0. The van der Waals surface area contributed by atoms with Crippen molar-refractivity contribution in [2.45, 2.75) is 18.9 Å². The summed E-state index contributed by atoms with van der Waals surface area (Å²) in [4.78, 5) is 14.3. The lowest BCUT2D eigenvalue weighted by Gasteiger charge is -2.42. The average molecular weight is 233 g/mol. The van der Waals surface area contributed by atoms with Gasteiger partial charge in [0.05, 0.1) is 0 Å². The molecule has 0 amide bonds. The van der Waals surface area contributed by atoms with Gasteiger partial charge in [0.2, 0.25) is 0 Å². The molecule has 0 spiro atoms. The molecule has 0 aliphatic carbocycles. The number of pyridine rings is 1. The lowest BCUT2D eigenvalue weighted by Crippen LogP contribution is -2.48. The molecule has 92 valence electrons. The Labute approximate surface area is 101 Å². The van der Waals surface area contributed by atoms with Crippen LogP contribution in [0.1, 0.15) is 18.0 Å². The van der Waals surface area contributed by atoms with Crippen LogP contribution in [0.2, 0.25) is 0 Å². The van der Waals surface area contributed by atoms with Crippen LogP contribution in [0.15, 0.2) is 23.0 Å². The molecule has 1 aromatic heterocycles. The van der Waals surface area contributed by atoms with Gasteiger partial charge in [-0.2, -0.15) is 0 Å². The van der Waals surface area contributed by atoms with E-state index in [2.05, 4.69) is 11.0 Å². The maximum atomic E-state index is 11.8. The van der Waals surface area contributed by atoms with Crippen LogP contribution in [0.4, 0.5) is 0 Å². The lowest BCUT2D eigenvalue weighted by atomic mass is 9.83. The van der Waals surface area contributed by atoms with Gasteiger partial charge in [0.15, 0.2) is 0 Å². The first-order valence-corrected chi connectivity index (χ1v) is 6.40. The van der Waals surface area contributed by atoms with Gasteiger partial charge in [-0.1, -0.05) is 6.07 Å². The van der Waals surface area contributed by atoms with Crippen LogP contribution in [0, 0.1) is 5.92 Å². The standard InChI is InChI=1S/C13H19N3O/c14-4-5-15-7-10-6-11(9-15)12-2-1-3-13(17)16(12)8-10/h1-3,10-11H,4-9,14H2/t10-,11-/m1/s1. The summed E-state index contributed by atoms with van der Waals surface area (Å²) in [6, 6.07) is 5.66. The molecule has 0 radical (unpaired) electrons. The Morgan fingerprint density at radius 2 is 2.18 bits per heavy atom. The second-order valence-electron chi connectivity index (χ2n) is 5.25. The predicted molar refractivity (Wildman–Crippen MR) is 67.0 cm³/mol. The van der Waals surface area contributed by atoms with Crippen LogP contribution < -0.4 is 11.3 Å². The fraction of sp³-hybridized carbons (Fsp3) is 0.615. The molecule has 2 atom stereocenters. The normalized spacial score (nSPS) is 27.8. The topological polar surface area (TPSA) is 51.3 Å². The number of aromatic nitrogens is 1. The van der Waals surface area contributed by atoms with E-state index in [9.17, 15) is 4.79 Å². The summed E-state index contributed by atoms with van der Waals surface area (Å²) >= 11 is 0. The molecule has 4 heteroatoms. The van der Waals surface area contributed by atoms with Crippen molar-refractivity contribution >= 4 is 0 Å². The van der Waals surface area contributed by atoms with Gasteiger partial charge in [0, 0.05) is 50.4 Å². The first-order chi connectivity index (χ1) is 8.28. The van der Waals surface area contributed by atoms with E-state index in [4.69, 9.17) is 5.73 Å². The molecule has 2 bridgehead atoms. The molecular formula is C13H19N3O. The highest BCUT2D eigenvalue weighted by Crippen LogP contribution is 2.34. The molecule has 17 heavy (non-hydrogen) atoms. The smallest absolute Gasteiger partial charge is 0.250 e. The van der Waals surface area contributed by atoms with Gasteiger partial charge in [0.25, 0.3) is 5.56 Å². The van der Waals surface area contributed by atoms with Crippen LogP contribution >= 0.6 is 0 Å². The molecule has 1 fully saturated rings. The fourth-order valence-electron chi connectivity index (χ4n) is 3.36. The van der Waals surface area contributed by atoms with Crippen LogP contribution in [-0.2, 0) is 6.54 Å². The summed E-state index contributed by atoms with van der Waals surface area (Å²) in [6.45, 7) is 4.73. The van der Waals surface area contributed by atoms with E-state index in [1.165, 1.54) is 12.1 Å². The zero-order chi connectivity index (χ0) is 11.8. The zero-order valence-corrected chi connectivity index (χ0v) is 10.0. The number of hydrogen-bond donors (Lipinski definition) is 1. The molecule has 4 nitrogen and oxygen atoms in total. The maximum absolute atomic E-state index is 11.8. The summed E-state index contributed by atoms with van der Waals surface area (Å²) in [7, 11) is 0. The molecule has 1 saturated heterocycles. The second-order valence-corrected chi connectivity index (χ2v) is 5.25. The summed E-state index contributed by atoms with van der Waals surface area (Å²) in [5, 5.41) is 0. The van der Waals surface area contributed by atoms with E-state index in [0.717, 1.165) is 32.7 Å². The lowest BCUT2D eigenvalue weighted by molar-refractivity contribution is 0.123. The maximum Gasteiger partial charge on any atom is 0.250 e. The Morgan fingerprint density at radius 1 is 1.29 bits per heavy atom. The average Bonchev–Trinajstić information content (AvgIpc) is 2.31. The molecule has 1 aromatic rings. The summed E-state index contributed by atoms with van der Waals surface area (Å²) in [6.07, 6.45) is 1.23. The fourth-order valence-corrected chi connectivity index (χ4v) is 3.36. The molecular weight excluding hydrogens is 214 g/mol. The number of fused-ring (bicyclic) bond motifs is 4. The highest BCUT2D eigenvalue weighted by atomic mass is 16.1. The number of likely N-dealkylation sites (tertiary alicyclic amines) is 1. The monoisotopic (exact) mass is 233 g/mol. The number of nitrogens with zero attached hydrogens (tertiary/aromatic N) is 2. The SMILES string of the molecule is NCCN1C[C@H]2C[C@H](C1)c1cccc(=O)n1C2.